The van der Waals surface area contributed by atoms with E-state index >= 15 is 0 Å². The molecule has 0 saturated carbocycles. The molecule has 0 unspecified atom stereocenters. The number of fused-ring (bicyclic) bond motifs is 1. The molecule has 1 aromatic carbocycles. The van der Waals surface area contributed by atoms with Crippen LogP contribution in [0.3, 0.4) is 0 Å². The Bertz CT molecular complexity index is 696. The van der Waals surface area contributed by atoms with Gasteiger partial charge in [0.2, 0.25) is 5.82 Å². The molecule has 6 heteroatoms. The second-order valence-electron chi connectivity index (χ2n) is 3.43. The minimum absolute atomic E-state index is 0.249. The molecule has 3 rings (SSSR count). The number of nitrogens with zero attached hydrogens (tertiary/aromatic N) is 3. The molecule has 17 heavy (non-hydrogen) atoms. The molecule has 2 aromatic heterocycles. The highest BCUT2D eigenvalue weighted by atomic mass is 35.5. The summed E-state index contributed by atoms with van der Waals surface area (Å²) in [7, 11) is 0. The maximum Gasteiger partial charge on any atom is 0.415 e. The van der Waals surface area contributed by atoms with Gasteiger partial charge in [0.1, 0.15) is 5.69 Å². The van der Waals surface area contributed by atoms with Crippen molar-refractivity contribution in [3.8, 4) is 17.6 Å². The van der Waals surface area contributed by atoms with Crippen molar-refractivity contribution in [2.75, 3.05) is 0 Å². The molecule has 0 radical (unpaired) electrons. The normalized spacial score (nSPS) is 10.9. The Morgan fingerprint density at radius 1 is 1.12 bits per heavy atom. The van der Waals surface area contributed by atoms with Crippen LogP contribution in [-0.4, -0.2) is 20.2 Å². The summed E-state index contributed by atoms with van der Waals surface area (Å²) >= 11 is 5.88. The molecule has 0 bridgehead atoms. The summed E-state index contributed by atoms with van der Waals surface area (Å²) in [4.78, 5) is 8.04. The van der Waals surface area contributed by atoms with Crippen LogP contribution in [-0.2, 0) is 0 Å². The zero-order valence-electron chi connectivity index (χ0n) is 8.46. The second-order valence-corrected chi connectivity index (χ2v) is 3.87. The Balaban J connectivity index is 2.16. The third-order valence-electron chi connectivity index (χ3n) is 2.30. The number of aromatic nitrogens is 3. The average Bonchev–Trinajstić information content (AvgIpc) is 2.75. The molecule has 0 amide bonds. The van der Waals surface area contributed by atoms with Crippen molar-refractivity contribution in [1.82, 2.24) is 15.1 Å². The third kappa shape index (κ3) is 1.81. The van der Waals surface area contributed by atoms with Gasteiger partial charge in [0, 0.05) is 10.4 Å². The quantitative estimate of drug-likeness (QED) is 0.716. The fourth-order valence-corrected chi connectivity index (χ4v) is 1.72. The third-order valence-corrected chi connectivity index (χ3v) is 2.53. The van der Waals surface area contributed by atoms with Crippen LogP contribution in [0.1, 0.15) is 0 Å². The smallest absolute Gasteiger partial charge is 0.415 e. The fourth-order valence-electron chi connectivity index (χ4n) is 1.54. The summed E-state index contributed by atoms with van der Waals surface area (Å²) in [6.45, 7) is 0. The molecule has 2 heterocycles. The SMILES string of the molecule is Oc1nc(-c2ccc3cc(Cl)ccc3n2)no1. The summed E-state index contributed by atoms with van der Waals surface area (Å²) in [6, 6.07) is 8.98. The van der Waals surface area contributed by atoms with E-state index in [4.69, 9.17) is 16.7 Å². The number of aromatic hydroxyl groups is 1. The van der Waals surface area contributed by atoms with Gasteiger partial charge in [-0.15, -0.1) is 0 Å². The molecule has 0 aliphatic carbocycles. The average molecular weight is 248 g/mol. The van der Waals surface area contributed by atoms with Gasteiger partial charge in [0.25, 0.3) is 0 Å². The van der Waals surface area contributed by atoms with E-state index in [-0.39, 0.29) is 5.82 Å². The molecule has 0 fully saturated rings. The molecular formula is C11H6ClN3O2. The van der Waals surface area contributed by atoms with Crippen molar-refractivity contribution >= 4 is 22.5 Å². The minimum atomic E-state index is -0.474. The Hall–Kier alpha value is -2.14. The topological polar surface area (TPSA) is 72.0 Å². The van der Waals surface area contributed by atoms with Gasteiger partial charge >= 0.3 is 6.08 Å². The highest BCUT2D eigenvalue weighted by Gasteiger charge is 2.09. The fraction of sp³-hybridized carbons (Fsp3) is 0. The first-order valence-corrected chi connectivity index (χ1v) is 5.19. The van der Waals surface area contributed by atoms with Crippen LogP contribution in [0.25, 0.3) is 22.4 Å². The molecule has 0 saturated heterocycles. The lowest BCUT2D eigenvalue weighted by Gasteiger charge is -1.99. The molecule has 1 N–H and O–H groups in total. The Morgan fingerprint density at radius 2 is 2.00 bits per heavy atom. The highest BCUT2D eigenvalue weighted by Crippen LogP contribution is 2.22. The van der Waals surface area contributed by atoms with E-state index in [0.717, 1.165) is 10.9 Å². The molecule has 0 aliphatic heterocycles. The predicted molar refractivity (Wildman–Crippen MR) is 61.7 cm³/mol. The summed E-state index contributed by atoms with van der Waals surface area (Å²) < 4.78 is 4.48. The van der Waals surface area contributed by atoms with Crippen LogP contribution in [0.5, 0.6) is 6.08 Å². The molecule has 84 valence electrons. The van der Waals surface area contributed by atoms with E-state index in [1.807, 2.05) is 12.1 Å². The predicted octanol–water partition coefficient (Wildman–Crippen LogP) is 2.64. The van der Waals surface area contributed by atoms with Crippen LogP contribution in [0.4, 0.5) is 0 Å². The Morgan fingerprint density at radius 3 is 2.76 bits per heavy atom. The number of pyridine rings is 1. The van der Waals surface area contributed by atoms with Gasteiger partial charge in [-0.2, -0.15) is 4.98 Å². The van der Waals surface area contributed by atoms with E-state index in [1.54, 1.807) is 18.2 Å². The first kappa shape index (κ1) is 10.0. The van der Waals surface area contributed by atoms with E-state index in [9.17, 15) is 0 Å². The second kappa shape index (κ2) is 3.71. The molecule has 0 aliphatic rings. The molecule has 5 nitrogen and oxygen atoms in total. The van der Waals surface area contributed by atoms with E-state index in [0.29, 0.717) is 10.7 Å². The summed E-state index contributed by atoms with van der Waals surface area (Å²) in [5, 5.41) is 14.1. The van der Waals surface area contributed by atoms with Gasteiger partial charge in [0.15, 0.2) is 0 Å². The van der Waals surface area contributed by atoms with Gasteiger partial charge in [0.05, 0.1) is 5.52 Å². The van der Waals surface area contributed by atoms with Crippen molar-refractivity contribution in [3.63, 3.8) is 0 Å². The number of halogens is 1. The van der Waals surface area contributed by atoms with Gasteiger partial charge < -0.3 is 5.11 Å². The zero-order valence-corrected chi connectivity index (χ0v) is 9.22. The Labute approximate surface area is 101 Å². The Kier molecular flexibility index (Phi) is 2.19. The van der Waals surface area contributed by atoms with Crippen LogP contribution < -0.4 is 0 Å². The minimum Gasteiger partial charge on any atom is -0.464 e. The first-order chi connectivity index (χ1) is 8.22. The summed E-state index contributed by atoms with van der Waals surface area (Å²) in [5.74, 6) is 0.249. The van der Waals surface area contributed by atoms with E-state index in [1.165, 1.54) is 0 Å². The maximum atomic E-state index is 8.98. The molecule has 0 atom stereocenters. The molecule has 3 aromatic rings. The van der Waals surface area contributed by atoms with E-state index < -0.39 is 6.08 Å². The maximum absolute atomic E-state index is 8.98. The number of hydrogen-bond donors (Lipinski definition) is 1. The highest BCUT2D eigenvalue weighted by molar-refractivity contribution is 6.31. The van der Waals surface area contributed by atoms with Crippen molar-refractivity contribution in [2.24, 2.45) is 0 Å². The van der Waals surface area contributed by atoms with Crippen molar-refractivity contribution in [1.29, 1.82) is 0 Å². The zero-order chi connectivity index (χ0) is 11.8. The van der Waals surface area contributed by atoms with Gasteiger partial charge in [-0.3, -0.25) is 4.52 Å². The van der Waals surface area contributed by atoms with Crippen LogP contribution in [0, 0.1) is 0 Å². The van der Waals surface area contributed by atoms with Crippen molar-refractivity contribution < 1.29 is 9.63 Å². The lowest BCUT2D eigenvalue weighted by atomic mass is 10.2. The van der Waals surface area contributed by atoms with Crippen LogP contribution >= 0.6 is 11.6 Å². The lowest BCUT2D eigenvalue weighted by Crippen LogP contribution is -1.86. The summed E-state index contributed by atoms with van der Waals surface area (Å²) in [6.07, 6.45) is -0.474. The lowest BCUT2D eigenvalue weighted by molar-refractivity contribution is 0.267. The first-order valence-electron chi connectivity index (χ1n) is 4.82. The van der Waals surface area contributed by atoms with Crippen molar-refractivity contribution in [2.45, 2.75) is 0 Å². The largest absolute Gasteiger partial charge is 0.464 e. The number of hydrogen-bond acceptors (Lipinski definition) is 5. The number of benzene rings is 1. The van der Waals surface area contributed by atoms with Crippen molar-refractivity contribution in [3.05, 3.63) is 35.4 Å². The molecule has 0 spiro atoms. The van der Waals surface area contributed by atoms with Gasteiger partial charge in [-0.1, -0.05) is 22.8 Å². The number of rotatable bonds is 1. The van der Waals surface area contributed by atoms with Crippen LogP contribution in [0.15, 0.2) is 34.9 Å². The molecular weight excluding hydrogens is 242 g/mol. The van der Waals surface area contributed by atoms with Gasteiger partial charge in [-0.25, -0.2) is 4.98 Å². The summed E-state index contributed by atoms with van der Waals surface area (Å²) in [5.41, 5.74) is 1.31. The van der Waals surface area contributed by atoms with Gasteiger partial charge in [-0.05, 0) is 24.3 Å². The van der Waals surface area contributed by atoms with E-state index in [2.05, 4.69) is 19.6 Å². The van der Waals surface area contributed by atoms with Crippen LogP contribution in [0.2, 0.25) is 5.02 Å². The monoisotopic (exact) mass is 247 g/mol. The standard InChI is InChI=1S/C11H6ClN3O2/c12-7-2-4-8-6(5-7)1-3-9(13-8)10-14-11(16)17-15-10/h1-5H,(H,14,15,16).